The van der Waals surface area contributed by atoms with Crippen LogP contribution in [0.1, 0.15) is 40.0 Å². The predicted octanol–water partition coefficient (Wildman–Crippen LogP) is 1.34. The van der Waals surface area contributed by atoms with Crippen LogP contribution in [0.15, 0.2) is 0 Å². The molecular formula is C14H24F3N3O2. The summed E-state index contributed by atoms with van der Waals surface area (Å²) in [6.07, 6.45) is -3.40. The van der Waals surface area contributed by atoms with E-state index in [4.69, 9.17) is 0 Å². The highest BCUT2D eigenvalue weighted by Gasteiger charge is 2.47. The van der Waals surface area contributed by atoms with Gasteiger partial charge in [-0.15, -0.1) is 0 Å². The van der Waals surface area contributed by atoms with Crippen molar-refractivity contribution in [3.8, 4) is 0 Å². The molecule has 0 unspecified atom stereocenters. The Morgan fingerprint density at radius 2 is 1.73 bits per heavy atom. The Morgan fingerprint density at radius 1 is 1.18 bits per heavy atom. The molecule has 0 radical (unpaired) electrons. The Morgan fingerprint density at radius 3 is 2.23 bits per heavy atom. The van der Waals surface area contributed by atoms with E-state index in [1.165, 1.54) is 14.0 Å². The maximum atomic E-state index is 12.8. The lowest BCUT2D eigenvalue weighted by Gasteiger charge is -2.40. The second-order valence-corrected chi connectivity index (χ2v) is 6.28. The molecule has 1 aliphatic heterocycles. The summed E-state index contributed by atoms with van der Waals surface area (Å²) in [5, 5.41) is 7.50. The number of piperidine rings is 1. The highest BCUT2D eigenvalue weighted by molar-refractivity contribution is 5.89. The number of nitrogens with one attached hydrogen (secondary N) is 3. The molecule has 1 rings (SSSR count). The summed E-state index contributed by atoms with van der Waals surface area (Å²) >= 11 is 0. The molecule has 1 fully saturated rings. The van der Waals surface area contributed by atoms with E-state index in [2.05, 4.69) is 16.0 Å². The lowest BCUT2D eigenvalue weighted by atomic mass is 9.77. The van der Waals surface area contributed by atoms with E-state index >= 15 is 0 Å². The fourth-order valence-electron chi connectivity index (χ4n) is 2.59. The van der Waals surface area contributed by atoms with Gasteiger partial charge in [0.05, 0.1) is 5.41 Å². The number of amides is 2. The second-order valence-electron chi connectivity index (χ2n) is 6.28. The van der Waals surface area contributed by atoms with Gasteiger partial charge >= 0.3 is 6.18 Å². The van der Waals surface area contributed by atoms with Gasteiger partial charge in [-0.1, -0.05) is 0 Å². The van der Waals surface area contributed by atoms with E-state index < -0.39 is 35.6 Å². The van der Waals surface area contributed by atoms with Crippen molar-refractivity contribution in [2.75, 3.05) is 7.05 Å². The number of halogens is 3. The van der Waals surface area contributed by atoms with E-state index in [1.807, 2.05) is 0 Å². The zero-order chi connectivity index (χ0) is 17.1. The van der Waals surface area contributed by atoms with Crippen molar-refractivity contribution in [3.05, 3.63) is 0 Å². The minimum absolute atomic E-state index is 0.0202. The highest BCUT2D eigenvalue weighted by atomic mass is 19.4. The van der Waals surface area contributed by atoms with Crippen LogP contribution in [0.2, 0.25) is 0 Å². The SMILES string of the molecule is CNC(=O)[C@H](C)NC(=O)C(C)(C)[C@@H]1CCC[C@H](C(F)(F)F)N1. The van der Waals surface area contributed by atoms with E-state index in [0.717, 1.165) is 0 Å². The van der Waals surface area contributed by atoms with Gasteiger partial charge in [0.25, 0.3) is 0 Å². The number of carbonyl (C=O) groups excluding carboxylic acids is 2. The quantitative estimate of drug-likeness (QED) is 0.731. The van der Waals surface area contributed by atoms with Gasteiger partial charge in [-0.2, -0.15) is 13.2 Å². The molecule has 1 saturated heterocycles. The van der Waals surface area contributed by atoms with Gasteiger partial charge in [-0.25, -0.2) is 0 Å². The number of hydrogen-bond acceptors (Lipinski definition) is 3. The Bertz CT molecular complexity index is 424. The third kappa shape index (κ3) is 4.34. The molecule has 1 aliphatic rings. The molecule has 0 aliphatic carbocycles. The number of likely N-dealkylation sites (N-methyl/N-ethyl adjacent to an activating group) is 1. The first-order chi connectivity index (χ1) is 10.00. The minimum atomic E-state index is -4.32. The van der Waals surface area contributed by atoms with E-state index in [1.54, 1.807) is 13.8 Å². The molecule has 128 valence electrons. The molecule has 3 atom stereocenters. The Balaban J connectivity index is 2.75. The fraction of sp³-hybridized carbons (Fsp3) is 0.857. The topological polar surface area (TPSA) is 70.2 Å². The highest BCUT2D eigenvalue weighted by Crippen LogP contribution is 2.34. The van der Waals surface area contributed by atoms with Gasteiger partial charge < -0.3 is 16.0 Å². The molecule has 1 heterocycles. The van der Waals surface area contributed by atoms with Crippen molar-refractivity contribution in [3.63, 3.8) is 0 Å². The first kappa shape index (κ1) is 18.7. The van der Waals surface area contributed by atoms with Crippen molar-refractivity contribution in [2.24, 2.45) is 5.41 Å². The molecule has 22 heavy (non-hydrogen) atoms. The Labute approximate surface area is 128 Å². The van der Waals surface area contributed by atoms with Gasteiger partial charge in [-0.3, -0.25) is 9.59 Å². The normalized spacial score (nSPS) is 24.5. The first-order valence-electron chi connectivity index (χ1n) is 7.35. The van der Waals surface area contributed by atoms with Crippen molar-refractivity contribution < 1.29 is 22.8 Å². The third-order valence-corrected chi connectivity index (χ3v) is 4.23. The standard InChI is InChI=1S/C14H24F3N3O2/c1-8(11(21)18-4)19-12(22)13(2,3)9-6-5-7-10(20-9)14(15,16)17/h8-10,20H,5-7H2,1-4H3,(H,18,21)(H,19,22)/t8-,9-,10+/m0/s1. The number of alkyl halides is 3. The molecule has 0 bridgehead atoms. The van der Waals surface area contributed by atoms with Crippen molar-refractivity contribution in [2.45, 2.75) is 64.3 Å². The number of hydrogen-bond donors (Lipinski definition) is 3. The molecule has 5 nitrogen and oxygen atoms in total. The van der Waals surface area contributed by atoms with Gasteiger partial charge in [-0.05, 0) is 40.0 Å². The first-order valence-corrected chi connectivity index (χ1v) is 7.35. The van der Waals surface area contributed by atoms with Crippen LogP contribution in [0.4, 0.5) is 13.2 Å². The van der Waals surface area contributed by atoms with Crippen LogP contribution < -0.4 is 16.0 Å². The molecule has 3 N–H and O–H groups in total. The van der Waals surface area contributed by atoms with Crippen LogP contribution in [-0.2, 0) is 9.59 Å². The summed E-state index contributed by atoms with van der Waals surface area (Å²) < 4.78 is 38.5. The zero-order valence-electron chi connectivity index (χ0n) is 13.3. The largest absolute Gasteiger partial charge is 0.403 e. The monoisotopic (exact) mass is 323 g/mol. The molecular weight excluding hydrogens is 299 g/mol. The van der Waals surface area contributed by atoms with Crippen LogP contribution in [-0.4, -0.2) is 43.2 Å². The van der Waals surface area contributed by atoms with Gasteiger partial charge in [0.15, 0.2) is 0 Å². The summed E-state index contributed by atoms with van der Waals surface area (Å²) in [5.41, 5.74) is -1.05. The van der Waals surface area contributed by atoms with E-state index in [0.29, 0.717) is 12.8 Å². The smallest absolute Gasteiger partial charge is 0.357 e. The van der Waals surface area contributed by atoms with Crippen LogP contribution in [0, 0.1) is 5.41 Å². The number of rotatable bonds is 4. The van der Waals surface area contributed by atoms with Gasteiger partial charge in [0.1, 0.15) is 12.1 Å². The Hall–Kier alpha value is -1.31. The maximum Gasteiger partial charge on any atom is 0.403 e. The van der Waals surface area contributed by atoms with E-state index in [9.17, 15) is 22.8 Å². The predicted molar refractivity (Wildman–Crippen MR) is 76.1 cm³/mol. The number of carbonyl (C=O) groups is 2. The third-order valence-electron chi connectivity index (χ3n) is 4.23. The summed E-state index contributed by atoms with van der Waals surface area (Å²) in [5.74, 6) is -0.794. The van der Waals surface area contributed by atoms with Crippen molar-refractivity contribution >= 4 is 11.8 Å². The lowest BCUT2D eigenvalue weighted by molar-refractivity contribution is -0.167. The molecule has 0 aromatic heterocycles. The minimum Gasteiger partial charge on any atom is -0.357 e. The van der Waals surface area contributed by atoms with E-state index in [-0.39, 0.29) is 12.3 Å². The average molecular weight is 323 g/mol. The average Bonchev–Trinajstić information content (AvgIpc) is 2.45. The van der Waals surface area contributed by atoms with Gasteiger partial charge in [0, 0.05) is 13.1 Å². The molecule has 8 heteroatoms. The summed E-state index contributed by atoms with van der Waals surface area (Å²) in [7, 11) is 1.45. The van der Waals surface area contributed by atoms with Crippen molar-refractivity contribution in [1.82, 2.24) is 16.0 Å². The summed E-state index contributed by atoms with van der Waals surface area (Å²) in [4.78, 5) is 23.8. The lowest BCUT2D eigenvalue weighted by Crippen LogP contribution is -2.60. The zero-order valence-corrected chi connectivity index (χ0v) is 13.3. The molecule has 2 amide bonds. The molecule has 0 spiro atoms. The van der Waals surface area contributed by atoms with Gasteiger partial charge in [0.2, 0.25) is 11.8 Å². The fourth-order valence-corrected chi connectivity index (χ4v) is 2.59. The van der Waals surface area contributed by atoms with Crippen molar-refractivity contribution in [1.29, 1.82) is 0 Å². The second kappa shape index (κ2) is 6.85. The molecule has 0 aromatic rings. The summed E-state index contributed by atoms with van der Waals surface area (Å²) in [6, 6.07) is -2.92. The van der Waals surface area contributed by atoms with Crippen LogP contribution >= 0.6 is 0 Å². The van der Waals surface area contributed by atoms with Crippen LogP contribution in [0.3, 0.4) is 0 Å². The Kier molecular flexibility index (Phi) is 5.83. The van der Waals surface area contributed by atoms with Crippen LogP contribution in [0.5, 0.6) is 0 Å². The molecule has 0 saturated carbocycles. The summed E-state index contributed by atoms with van der Waals surface area (Å²) in [6.45, 7) is 4.71. The molecule has 0 aromatic carbocycles. The van der Waals surface area contributed by atoms with Crippen LogP contribution in [0.25, 0.3) is 0 Å². The maximum absolute atomic E-state index is 12.8.